The molecule has 0 unspecified atom stereocenters. The molecule has 0 fully saturated rings. The van der Waals surface area contributed by atoms with E-state index in [2.05, 4.69) is 15.9 Å². The maximum absolute atomic E-state index is 13.1. The largest absolute Gasteiger partial charge is 0.466 e. The predicted octanol–water partition coefficient (Wildman–Crippen LogP) is 4.60. The maximum Gasteiger partial charge on any atom is 0.302 e. The van der Waals surface area contributed by atoms with Crippen molar-refractivity contribution >= 4 is 44.3 Å². The van der Waals surface area contributed by atoms with Gasteiger partial charge in [0.2, 0.25) is 0 Å². The lowest BCUT2D eigenvalue weighted by atomic mass is 10.1. The third-order valence-corrected chi connectivity index (χ3v) is 5.16. The predicted molar refractivity (Wildman–Crippen MR) is 121 cm³/mol. The molecule has 164 valence electrons. The van der Waals surface area contributed by atoms with Crippen LogP contribution in [0.3, 0.4) is 0 Å². The topological polar surface area (TPSA) is 78.2 Å². The summed E-state index contributed by atoms with van der Waals surface area (Å²) in [5.41, 5.74) is 2.25. The van der Waals surface area contributed by atoms with E-state index in [1.807, 2.05) is 18.2 Å². The van der Waals surface area contributed by atoms with Crippen molar-refractivity contribution < 1.29 is 31.0 Å². The molecule has 8 heteroatoms. The van der Waals surface area contributed by atoms with Crippen molar-refractivity contribution in [3.05, 3.63) is 58.2 Å². The van der Waals surface area contributed by atoms with Gasteiger partial charge in [0, 0.05) is 38.5 Å². The smallest absolute Gasteiger partial charge is 0.302 e. The van der Waals surface area contributed by atoms with Crippen LogP contribution in [0.15, 0.2) is 51.5 Å². The lowest BCUT2D eigenvalue weighted by Gasteiger charge is -2.23. The van der Waals surface area contributed by atoms with Gasteiger partial charge in [0.05, 0.1) is 30.9 Å². The molecule has 1 heterocycles. The first kappa shape index (κ1) is 20.1. The van der Waals surface area contributed by atoms with Crippen LogP contribution in [-0.4, -0.2) is 45.9 Å². The number of anilines is 1. The van der Waals surface area contributed by atoms with Crippen molar-refractivity contribution in [2.75, 3.05) is 39.0 Å². The fourth-order valence-corrected chi connectivity index (χ4v) is 3.67. The fraction of sp³-hybridized carbons (Fsp3) is 0.304. The normalized spacial score (nSPS) is 11.7. The van der Waals surface area contributed by atoms with Crippen molar-refractivity contribution in [2.45, 2.75) is 13.3 Å². The number of esters is 1. The molecule has 2 aromatic carbocycles. The van der Waals surface area contributed by atoms with E-state index in [0.29, 0.717) is 38.9 Å². The van der Waals surface area contributed by atoms with Crippen molar-refractivity contribution in [3.63, 3.8) is 0 Å². The summed E-state index contributed by atoms with van der Waals surface area (Å²) in [5, 5.41) is 0.400. The molecule has 0 atom stereocenters. The molecule has 0 saturated heterocycles. The second kappa shape index (κ2) is 10.5. The Morgan fingerprint density at radius 2 is 2.10 bits per heavy atom. The summed E-state index contributed by atoms with van der Waals surface area (Å²) in [5.74, 6) is -0.00171. The van der Waals surface area contributed by atoms with Gasteiger partial charge in [-0.3, -0.25) is 9.59 Å². The van der Waals surface area contributed by atoms with Crippen LogP contribution in [0.5, 0.6) is 5.75 Å². The van der Waals surface area contributed by atoms with Gasteiger partial charge in [-0.25, -0.2) is 0 Å². The number of carbonyl (C=O) groups is 2. The van der Waals surface area contributed by atoms with Gasteiger partial charge in [-0.1, -0.05) is 12.1 Å². The van der Waals surface area contributed by atoms with Gasteiger partial charge >= 0.3 is 5.97 Å². The van der Waals surface area contributed by atoms with Gasteiger partial charge in [-0.15, -0.1) is 0 Å². The zero-order valence-electron chi connectivity index (χ0n) is 19.5. The minimum Gasteiger partial charge on any atom is -0.466 e. The number of furan rings is 1. The number of methoxy groups -OCH3 is 1. The van der Waals surface area contributed by atoms with Gasteiger partial charge in [0.25, 0.3) is 0 Å². The number of rotatable bonds is 10. The molecule has 0 amide bonds. The molecule has 7 nitrogen and oxygen atoms in total. The summed E-state index contributed by atoms with van der Waals surface area (Å²) < 4.78 is 37.4. The minimum atomic E-state index is -0.359. The van der Waals surface area contributed by atoms with Crippen LogP contribution in [0.1, 0.15) is 25.6 Å². The van der Waals surface area contributed by atoms with Crippen molar-refractivity contribution in [1.82, 2.24) is 0 Å². The number of fused-ring (bicyclic) bond motifs is 1. The third kappa shape index (κ3) is 5.65. The van der Waals surface area contributed by atoms with E-state index >= 15 is 0 Å². The number of likely N-dealkylation sites (N-methyl/N-ethyl adjacent to an activating group) is 1. The summed E-state index contributed by atoms with van der Waals surface area (Å²) in [7, 11) is 3.28. The van der Waals surface area contributed by atoms with Crippen LogP contribution in [0.25, 0.3) is 11.0 Å². The van der Waals surface area contributed by atoms with E-state index in [-0.39, 0.29) is 44.0 Å². The standard InChI is InChI=1S/C23H24BrNO6/c1-15(26)29-9-7-16-5-4-6-20(23(16)31-14-28-3)25(2)13-21(27)18-11-17-8-10-30-22(17)19(24)12-18/h4-6,8,10-12H,7,9,13-14H2,1-3H3/i8D,10D. The molecule has 0 aliphatic heterocycles. The van der Waals surface area contributed by atoms with Crippen LogP contribution in [0.4, 0.5) is 5.69 Å². The van der Waals surface area contributed by atoms with Crippen LogP contribution in [-0.2, 0) is 20.7 Å². The van der Waals surface area contributed by atoms with Gasteiger partial charge < -0.3 is 23.5 Å². The molecule has 0 radical (unpaired) electrons. The number of carbonyl (C=O) groups excluding carboxylic acids is 2. The average molecular weight is 492 g/mol. The summed E-state index contributed by atoms with van der Waals surface area (Å²) in [4.78, 5) is 25.9. The molecule has 0 aliphatic carbocycles. The van der Waals surface area contributed by atoms with Crippen molar-refractivity contribution in [2.24, 2.45) is 0 Å². The molecular formula is C23H24BrNO6. The highest BCUT2D eigenvalue weighted by atomic mass is 79.9. The second-order valence-corrected chi connectivity index (χ2v) is 7.70. The van der Waals surface area contributed by atoms with Gasteiger partial charge in [-0.05, 0) is 45.7 Å². The Labute approximate surface area is 191 Å². The molecule has 3 aromatic rings. The zero-order chi connectivity index (χ0) is 24.1. The van der Waals surface area contributed by atoms with Crippen LogP contribution >= 0.6 is 15.9 Å². The number of hydrogen-bond donors (Lipinski definition) is 0. The number of benzene rings is 2. The quantitative estimate of drug-likeness (QED) is 0.233. The van der Waals surface area contributed by atoms with E-state index < -0.39 is 0 Å². The first-order chi connectivity index (χ1) is 15.7. The number of hydrogen-bond acceptors (Lipinski definition) is 7. The van der Waals surface area contributed by atoms with Crippen LogP contribution < -0.4 is 9.64 Å². The SMILES string of the molecule is [2H]c1oc2c(Br)cc(C(=O)CN(C)c3cccc(CCOC(C)=O)c3OCOC)cc2c1[2H]. The zero-order valence-corrected chi connectivity index (χ0v) is 19.1. The van der Waals surface area contributed by atoms with Gasteiger partial charge in [-0.2, -0.15) is 0 Å². The highest BCUT2D eigenvalue weighted by Gasteiger charge is 2.18. The molecule has 1 aromatic heterocycles. The molecular weight excluding hydrogens is 466 g/mol. The van der Waals surface area contributed by atoms with E-state index in [4.69, 9.17) is 21.4 Å². The summed E-state index contributed by atoms with van der Waals surface area (Å²) in [6, 6.07) is 8.67. The highest BCUT2D eigenvalue weighted by molar-refractivity contribution is 9.10. The average Bonchev–Trinajstić information content (AvgIpc) is 3.06. The minimum absolute atomic E-state index is 0.0191. The third-order valence-electron chi connectivity index (χ3n) is 4.57. The van der Waals surface area contributed by atoms with E-state index in [0.717, 1.165) is 5.56 Å². The molecule has 0 bridgehead atoms. The molecule has 31 heavy (non-hydrogen) atoms. The second-order valence-electron chi connectivity index (χ2n) is 6.85. The number of Topliss-reactive ketones (excluding diaryl/α,β-unsaturated/α-hetero) is 1. The van der Waals surface area contributed by atoms with Crippen LogP contribution in [0.2, 0.25) is 0 Å². The number of ether oxygens (including phenoxy) is 3. The lowest BCUT2D eigenvalue weighted by molar-refractivity contribution is -0.140. The monoisotopic (exact) mass is 491 g/mol. The summed E-state index contributed by atoms with van der Waals surface area (Å²) >= 11 is 3.36. The van der Waals surface area contributed by atoms with E-state index in [9.17, 15) is 9.59 Å². The maximum atomic E-state index is 13.1. The highest BCUT2D eigenvalue weighted by Crippen LogP contribution is 2.33. The Bertz CT molecular complexity index is 1180. The first-order valence-electron chi connectivity index (χ1n) is 10.5. The Kier molecular flexibility index (Phi) is 6.77. The number of para-hydroxylation sites is 1. The van der Waals surface area contributed by atoms with Crippen molar-refractivity contribution in [3.8, 4) is 5.75 Å². The van der Waals surface area contributed by atoms with E-state index in [1.165, 1.54) is 14.0 Å². The number of ketones is 1. The Hall–Kier alpha value is -2.84. The Morgan fingerprint density at radius 1 is 1.29 bits per heavy atom. The molecule has 0 aliphatic rings. The van der Waals surface area contributed by atoms with Crippen LogP contribution in [0, 0.1) is 0 Å². The number of nitrogens with zero attached hydrogens (tertiary/aromatic N) is 1. The van der Waals surface area contributed by atoms with Gasteiger partial charge in [0.1, 0.15) is 12.7 Å². The first-order valence-corrected chi connectivity index (χ1v) is 10.3. The summed E-state index contributed by atoms with van der Waals surface area (Å²) in [6.07, 6.45) is 0.193. The molecule has 0 saturated carbocycles. The van der Waals surface area contributed by atoms with Gasteiger partial charge in [0.15, 0.2) is 12.6 Å². The summed E-state index contributed by atoms with van der Waals surface area (Å²) in [6.45, 7) is 1.61. The molecule has 0 N–H and O–H groups in total. The Balaban J connectivity index is 1.86. The van der Waals surface area contributed by atoms with E-state index in [1.54, 1.807) is 24.1 Å². The molecule has 0 spiro atoms. The van der Waals surface area contributed by atoms with Crippen molar-refractivity contribution in [1.29, 1.82) is 0 Å². The lowest BCUT2D eigenvalue weighted by Crippen LogP contribution is -2.26. The Morgan fingerprint density at radius 3 is 2.84 bits per heavy atom. The number of halogens is 1. The molecule has 3 rings (SSSR count). The fourth-order valence-electron chi connectivity index (χ4n) is 3.13.